The summed E-state index contributed by atoms with van der Waals surface area (Å²) >= 11 is 3.41. The van der Waals surface area contributed by atoms with E-state index in [4.69, 9.17) is 0 Å². The van der Waals surface area contributed by atoms with Gasteiger partial charge in [0.25, 0.3) is 0 Å². The summed E-state index contributed by atoms with van der Waals surface area (Å²) < 4.78 is 27.0. The predicted octanol–water partition coefficient (Wildman–Crippen LogP) is 4.66. The van der Waals surface area contributed by atoms with Crippen LogP contribution in [0.15, 0.2) is 46.9 Å². The third-order valence-corrected chi connectivity index (χ3v) is 4.20. The molecule has 0 bridgehead atoms. The van der Waals surface area contributed by atoms with E-state index >= 15 is 0 Å². The van der Waals surface area contributed by atoms with Crippen LogP contribution in [-0.4, -0.2) is 13.1 Å². The average molecular weight is 354 g/mol. The van der Waals surface area contributed by atoms with Gasteiger partial charge in [-0.25, -0.2) is 8.78 Å². The van der Waals surface area contributed by atoms with Gasteiger partial charge in [0, 0.05) is 16.9 Å². The lowest BCUT2D eigenvalue weighted by Gasteiger charge is -2.19. The Bertz CT molecular complexity index is 584. The molecular weight excluding hydrogens is 336 g/mol. The smallest absolute Gasteiger partial charge is 0.124 e. The second-order valence-electron chi connectivity index (χ2n) is 5.00. The third-order valence-electron chi connectivity index (χ3n) is 3.46. The first-order valence-corrected chi connectivity index (χ1v) is 7.79. The van der Waals surface area contributed by atoms with E-state index in [0.717, 1.165) is 35.1 Å². The van der Waals surface area contributed by atoms with Gasteiger partial charge in [0.1, 0.15) is 11.6 Å². The minimum absolute atomic E-state index is 0.215. The lowest BCUT2D eigenvalue weighted by Crippen LogP contribution is -2.22. The van der Waals surface area contributed by atoms with Crippen molar-refractivity contribution in [2.45, 2.75) is 19.3 Å². The largest absolute Gasteiger partial charge is 0.316 e. The molecule has 0 fully saturated rings. The highest BCUT2D eigenvalue weighted by atomic mass is 79.9. The van der Waals surface area contributed by atoms with Crippen LogP contribution in [0.5, 0.6) is 0 Å². The number of hydrogen-bond acceptors (Lipinski definition) is 1. The van der Waals surface area contributed by atoms with Gasteiger partial charge in [-0.2, -0.15) is 0 Å². The van der Waals surface area contributed by atoms with Crippen LogP contribution in [0.3, 0.4) is 0 Å². The fraction of sp³-hybridized carbons (Fsp3) is 0.294. The molecule has 0 spiro atoms. The van der Waals surface area contributed by atoms with Crippen molar-refractivity contribution in [2.75, 3.05) is 13.1 Å². The lowest BCUT2D eigenvalue weighted by atomic mass is 9.92. The Morgan fingerprint density at radius 2 is 1.71 bits per heavy atom. The second kappa shape index (κ2) is 7.66. The number of hydrogen-bond donors (Lipinski definition) is 1. The van der Waals surface area contributed by atoms with Crippen LogP contribution in [0.1, 0.15) is 24.0 Å². The summed E-state index contributed by atoms with van der Waals surface area (Å²) in [7, 11) is 0. The van der Waals surface area contributed by atoms with Crippen LogP contribution in [-0.2, 0) is 6.42 Å². The van der Waals surface area contributed by atoms with Crippen LogP contribution in [0.25, 0.3) is 0 Å². The minimum Gasteiger partial charge on any atom is -0.316 e. The molecule has 1 unspecified atom stereocenters. The first-order chi connectivity index (χ1) is 10.1. The van der Waals surface area contributed by atoms with Crippen molar-refractivity contribution >= 4 is 15.9 Å². The Kier molecular flexibility index (Phi) is 5.88. The molecule has 0 aliphatic rings. The zero-order valence-electron chi connectivity index (χ0n) is 11.9. The fourth-order valence-corrected chi connectivity index (χ4v) is 2.83. The van der Waals surface area contributed by atoms with Gasteiger partial charge >= 0.3 is 0 Å². The van der Waals surface area contributed by atoms with Gasteiger partial charge in [-0.15, -0.1) is 0 Å². The summed E-state index contributed by atoms with van der Waals surface area (Å²) in [6, 6.07) is 11.3. The maximum atomic E-state index is 13.2. The van der Waals surface area contributed by atoms with E-state index < -0.39 is 0 Å². The number of nitrogens with one attached hydrogen (secondary N) is 1. The van der Waals surface area contributed by atoms with E-state index in [1.807, 2.05) is 12.1 Å². The Balaban J connectivity index is 2.21. The fourth-order valence-electron chi connectivity index (χ4n) is 2.31. The molecule has 2 aromatic rings. The van der Waals surface area contributed by atoms with Crippen LogP contribution < -0.4 is 5.32 Å². The molecule has 0 radical (unpaired) electrons. The molecule has 0 saturated carbocycles. The molecule has 0 amide bonds. The molecule has 21 heavy (non-hydrogen) atoms. The highest BCUT2D eigenvalue weighted by molar-refractivity contribution is 9.10. The van der Waals surface area contributed by atoms with Gasteiger partial charge in [-0.1, -0.05) is 41.1 Å². The zero-order valence-corrected chi connectivity index (χ0v) is 13.5. The number of benzene rings is 2. The molecule has 1 N–H and O–H groups in total. The highest BCUT2D eigenvalue weighted by Gasteiger charge is 2.14. The van der Waals surface area contributed by atoms with E-state index in [1.165, 1.54) is 24.3 Å². The van der Waals surface area contributed by atoms with Crippen molar-refractivity contribution in [1.29, 1.82) is 0 Å². The van der Waals surface area contributed by atoms with Gasteiger partial charge in [-0.05, 0) is 48.4 Å². The van der Waals surface area contributed by atoms with Gasteiger partial charge < -0.3 is 5.32 Å². The number of likely N-dealkylation sites (N-methyl/N-ethyl adjacent to an activating group) is 1. The Hall–Kier alpha value is -1.26. The summed E-state index contributed by atoms with van der Waals surface area (Å²) in [5.41, 5.74) is 2.12. The van der Waals surface area contributed by atoms with Crippen LogP contribution >= 0.6 is 15.9 Å². The summed E-state index contributed by atoms with van der Waals surface area (Å²) in [5.74, 6) is -0.271. The van der Waals surface area contributed by atoms with Crippen molar-refractivity contribution in [2.24, 2.45) is 0 Å². The Morgan fingerprint density at radius 1 is 1.05 bits per heavy atom. The Morgan fingerprint density at radius 3 is 2.33 bits per heavy atom. The standard InChI is InChI=1S/C17H18BrF2N/c1-2-21-11-14(12-3-6-15(19)7-4-12)9-13-5-8-16(20)10-17(13)18/h3-8,10,14,21H,2,9,11H2,1H3. The third kappa shape index (κ3) is 4.61. The van der Waals surface area contributed by atoms with Crippen molar-refractivity contribution in [1.82, 2.24) is 5.32 Å². The monoisotopic (exact) mass is 353 g/mol. The van der Waals surface area contributed by atoms with E-state index in [1.54, 1.807) is 6.07 Å². The van der Waals surface area contributed by atoms with E-state index in [0.29, 0.717) is 0 Å². The molecule has 0 saturated heterocycles. The van der Waals surface area contributed by atoms with Gasteiger partial charge in [0.2, 0.25) is 0 Å². The van der Waals surface area contributed by atoms with E-state index in [9.17, 15) is 8.78 Å². The van der Waals surface area contributed by atoms with Crippen LogP contribution in [0, 0.1) is 11.6 Å². The quantitative estimate of drug-likeness (QED) is 0.795. The first kappa shape index (κ1) is 16.1. The summed E-state index contributed by atoms with van der Waals surface area (Å²) in [4.78, 5) is 0. The first-order valence-electron chi connectivity index (χ1n) is 7.00. The van der Waals surface area contributed by atoms with Gasteiger partial charge in [0.05, 0.1) is 0 Å². The summed E-state index contributed by atoms with van der Waals surface area (Å²) in [6.07, 6.45) is 0.763. The predicted molar refractivity (Wildman–Crippen MR) is 85.5 cm³/mol. The molecule has 0 aliphatic carbocycles. The second-order valence-corrected chi connectivity index (χ2v) is 5.85. The van der Waals surface area contributed by atoms with Crippen molar-refractivity contribution in [3.8, 4) is 0 Å². The molecule has 112 valence electrons. The van der Waals surface area contributed by atoms with Crippen molar-refractivity contribution in [3.63, 3.8) is 0 Å². The van der Waals surface area contributed by atoms with Crippen molar-refractivity contribution in [3.05, 3.63) is 69.7 Å². The molecule has 1 atom stereocenters. The maximum absolute atomic E-state index is 13.2. The molecule has 0 heterocycles. The lowest BCUT2D eigenvalue weighted by molar-refractivity contribution is 0.587. The van der Waals surface area contributed by atoms with Crippen LogP contribution in [0.4, 0.5) is 8.78 Å². The number of rotatable bonds is 6. The summed E-state index contributed by atoms with van der Waals surface area (Å²) in [6.45, 7) is 3.73. The molecule has 2 rings (SSSR count). The molecule has 1 nitrogen and oxygen atoms in total. The average Bonchev–Trinajstić information content (AvgIpc) is 2.46. The zero-order chi connectivity index (χ0) is 15.2. The van der Waals surface area contributed by atoms with Crippen molar-refractivity contribution < 1.29 is 8.78 Å². The van der Waals surface area contributed by atoms with E-state index in [-0.39, 0.29) is 17.6 Å². The maximum Gasteiger partial charge on any atom is 0.124 e. The van der Waals surface area contributed by atoms with Crippen LogP contribution in [0.2, 0.25) is 0 Å². The Labute approximate surface area is 132 Å². The summed E-state index contributed by atoms with van der Waals surface area (Å²) in [5, 5.41) is 3.33. The SMILES string of the molecule is CCNCC(Cc1ccc(F)cc1Br)c1ccc(F)cc1. The number of halogens is 3. The molecule has 0 aromatic heterocycles. The minimum atomic E-state index is -0.254. The molecule has 0 aliphatic heterocycles. The van der Waals surface area contributed by atoms with Gasteiger partial charge in [0.15, 0.2) is 0 Å². The topological polar surface area (TPSA) is 12.0 Å². The highest BCUT2D eigenvalue weighted by Crippen LogP contribution is 2.26. The molecular formula is C17H18BrF2N. The molecule has 2 aromatic carbocycles. The van der Waals surface area contributed by atoms with E-state index in [2.05, 4.69) is 28.2 Å². The normalized spacial score (nSPS) is 12.4. The molecule has 4 heteroatoms. The van der Waals surface area contributed by atoms with Gasteiger partial charge in [-0.3, -0.25) is 0 Å².